The Hall–Kier alpha value is -1.20. The van der Waals surface area contributed by atoms with E-state index in [4.69, 9.17) is 36.1 Å². The molecule has 2 aromatic rings. The maximum atomic E-state index is 10.8. The van der Waals surface area contributed by atoms with Crippen molar-refractivity contribution < 1.29 is 23.4 Å². The summed E-state index contributed by atoms with van der Waals surface area (Å²) in [5.41, 5.74) is 6.18. The first-order valence-electron chi connectivity index (χ1n) is 10.0. The number of methoxy groups -OCH3 is 1. The van der Waals surface area contributed by atoms with Crippen molar-refractivity contribution in [3.8, 4) is 0 Å². The lowest BCUT2D eigenvalue weighted by atomic mass is 9.87. The second-order valence-electron chi connectivity index (χ2n) is 9.86. The number of imidazole rings is 1. The third-order valence-electron chi connectivity index (χ3n) is 4.68. The first-order valence-corrected chi connectivity index (χ1v) is 12.6. The molecule has 0 amide bonds. The van der Waals surface area contributed by atoms with Crippen LogP contribution in [0.25, 0.3) is 11.2 Å². The number of nitrogen functional groups attached to an aromatic ring is 1. The topological polar surface area (TPSA) is 127 Å². The van der Waals surface area contributed by atoms with Crippen molar-refractivity contribution in [2.45, 2.75) is 78.1 Å². The van der Waals surface area contributed by atoms with E-state index in [0.717, 1.165) is 0 Å². The summed E-state index contributed by atoms with van der Waals surface area (Å²) >= 11 is 5.31. The molecule has 0 radical (unpaired) electrons. The van der Waals surface area contributed by atoms with Crippen LogP contribution in [-0.4, -0.2) is 55.4 Å². The number of nitrogens with two attached hydrogens (primary N) is 1. The highest BCUT2D eigenvalue weighted by Crippen LogP contribution is 2.53. The van der Waals surface area contributed by atoms with Crippen molar-refractivity contribution in [3.05, 3.63) is 12.7 Å². The van der Waals surface area contributed by atoms with Gasteiger partial charge in [-0.15, -0.1) is 0 Å². The van der Waals surface area contributed by atoms with Crippen molar-refractivity contribution in [2.75, 3.05) is 12.8 Å². The summed E-state index contributed by atoms with van der Waals surface area (Å²) < 4.78 is 25.6. The van der Waals surface area contributed by atoms with Gasteiger partial charge in [0.1, 0.15) is 24.1 Å². The quantitative estimate of drug-likeness (QED) is 0.604. The highest BCUT2D eigenvalue weighted by atomic mass is 32.5. The van der Waals surface area contributed by atoms with Gasteiger partial charge in [0.25, 0.3) is 0 Å². The van der Waals surface area contributed by atoms with E-state index in [1.54, 1.807) is 18.0 Å². The molecule has 1 saturated heterocycles. The van der Waals surface area contributed by atoms with E-state index in [9.17, 15) is 4.89 Å². The fraction of sp³-hybridized carbons (Fsp3) is 0.737. The molecular formula is C19H32N5O5PS. The number of fused-ring (bicyclic) bond motifs is 1. The molecule has 2 aromatic heterocycles. The zero-order valence-corrected chi connectivity index (χ0v) is 20.7. The summed E-state index contributed by atoms with van der Waals surface area (Å²) in [6.45, 7) is 8.16. The molecule has 5 atom stereocenters. The number of hydrogen-bond acceptors (Lipinski definition) is 9. The maximum Gasteiger partial charge on any atom is 0.325 e. The fourth-order valence-electron chi connectivity index (χ4n) is 3.66. The predicted octanol–water partition coefficient (Wildman–Crippen LogP) is 3.17. The summed E-state index contributed by atoms with van der Waals surface area (Å²) in [6.07, 6.45) is 1.31. The highest BCUT2D eigenvalue weighted by molar-refractivity contribution is 8.07. The van der Waals surface area contributed by atoms with Gasteiger partial charge in [-0.25, -0.2) is 15.0 Å². The Morgan fingerprint density at radius 1 is 1.19 bits per heavy atom. The Kier molecular flexibility index (Phi) is 6.80. The minimum Gasteiger partial charge on any atom is -0.382 e. The van der Waals surface area contributed by atoms with E-state index >= 15 is 0 Å². The van der Waals surface area contributed by atoms with Crippen molar-refractivity contribution in [1.29, 1.82) is 0 Å². The van der Waals surface area contributed by atoms with E-state index in [2.05, 4.69) is 35.7 Å². The van der Waals surface area contributed by atoms with E-state index in [1.165, 1.54) is 6.33 Å². The van der Waals surface area contributed by atoms with Crippen LogP contribution in [-0.2, 0) is 30.3 Å². The van der Waals surface area contributed by atoms with Crippen LogP contribution in [0, 0.1) is 5.41 Å². The molecule has 0 aliphatic carbocycles. The molecule has 12 heteroatoms. The largest absolute Gasteiger partial charge is 0.382 e. The molecule has 3 heterocycles. The van der Waals surface area contributed by atoms with Crippen molar-refractivity contribution >= 4 is 35.5 Å². The highest BCUT2D eigenvalue weighted by Gasteiger charge is 2.50. The Balaban J connectivity index is 1.99. The van der Waals surface area contributed by atoms with Crippen LogP contribution in [0.15, 0.2) is 12.7 Å². The monoisotopic (exact) mass is 473 g/mol. The van der Waals surface area contributed by atoms with Crippen LogP contribution in [0.3, 0.4) is 0 Å². The van der Waals surface area contributed by atoms with E-state index in [-0.39, 0.29) is 11.2 Å². The molecular weight excluding hydrogens is 441 g/mol. The molecule has 1 aliphatic heterocycles. The molecule has 3 N–H and O–H groups in total. The smallest absolute Gasteiger partial charge is 0.325 e. The number of nitrogens with zero attached hydrogens (tertiary/aromatic N) is 4. The number of hydrogen-bond donors (Lipinski definition) is 2. The molecule has 2 unspecified atom stereocenters. The van der Waals surface area contributed by atoms with Crippen molar-refractivity contribution in [2.24, 2.45) is 5.41 Å². The van der Waals surface area contributed by atoms with Gasteiger partial charge in [0, 0.05) is 7.11 Å². The summed E-state index contributed by atoms with van der Waals surface area (Å²) in [5, 5.41) is 0. The second-order valence-corrected chi connectivity index (χ2v) is 12.6. The third-order valence-corrected chi connectivity index (χ3v) is 6.45. The molecule has 0 saturated carbocycles. The summed E-state index contributed by atoms with van der Waals surface area (Å²) in [7, 11) is 1.56. The molecule has 31 heavy (non-hydrogen) atoms. The lowest BCUT2D eigenvalue weighted by Gasteiger charge is -2.32. The van der Waals surface area contributed by atoms with Gasteiger partial charge in [0.2, 0.25) is 0 Å². The lowest BCUT2D eigenvalue weighted by Crippen LogP contribution is -2.37. The van der Waals surface area contributed by atoms with E-state index in [1.807, 2.05) is 20.8 Å². The van der Waals surface area contributed by atoms with Crippen LogP contribution in [0.4, 0.5) is 5.82 Å². The van der Waals surface area contributed by atoms with Crippen LogP contribution in [0.1, 0.15) is 54.2 Å². The van der Waals surface area contributed by atoms with Gasteiger partial charge in [-0.3, -0.25) is 9.09 Å². The van der Waals surface area contributed by atoms with Crippen molar-refractivity contribution in [3.63, 3.8) is 0 Å². The predicted molar refractivity (Wildman–Crippen MR) is 121 cm³/mol. The molecule has 3 rings (SSSR count). The molecule has 0 aromatic carbocycles. The second kappa shape index (κ2) is 8.62. The summed E-state index contributed by atoms with van der Waals surface area (Å²) in [6, 6.07) is 0. The summed E-state index contributed by atoms with van der Waals surface area (Å²) in [4.78, 5) is 23.4. The number of ether oxygens (including phenoxy) is 2. The zero-order valence-electron chi connectivity index (χ0n) is 19.0. The Morgan fingerprint density at radius 2 is 1.87 bits per heavy atom. The average Bonchev–Trinajstić information content (AvgIpc) is 3.13. The SMILES string of the molecule is COC1[C@@H](OP(O)(=S)OC(C)(C)C)[C@@H](CC(C)(C)C)O[C@H]1n1cnc2c(N)ncnc21. The molecule has 10 nitrogen and oxygen atoms in total. The van der Waals surface area contributed by atoms with Gasteiger partial charge in [-0.2, -0.15) is 0 Å². The molecule has 1 fully saturated rings. The van der Waals surface area contributed by atoms with Crippen LogP contribution >= 0.6 is 6.72 Å². The Morgan fingerprint density at radius 3 is 2.45 bits per heavy atom. The Bertz CT molecular complexity index is 973. The lowest BCUT2D eigenvalue weighted by molar-refractivity contribution is -0.0549. The van der Waals surface area contributed by atoms with Gasteiger partial charge < -0.3 is 24.6 Å². The molecule has 174 valence electrons. The third kappa shape index (κ3) is 5.78. The molecule has 0 spiro atoms. The van der Waals surface area contributed by atoms with Crippen LogP contribution in [0.2, 0.25) is 0 Å². The average molecular weight is 474 g/mol. The van der Waals surface area contributed by atoms with Gasteiger partial charge in [-0.05, 0) is 44.4 Å². The van der Waals surface area contributed by atoms with E-state index in [0.29, 0.717) is 17.6 Å². The van der Waals surface area contributed by atoms with Gasteiger partial charge >= 0.3 is 6.72 Å². The first-order chi connectivity index (χ1) is 14.2. The standard InChI is InChI=1S/C19H32N5O5PS/c1-18(2,3)8-11-13(28-30(25,31)29-19(4,5)6)14(26-7)17(27-11)24-10-23-12-15(20)21-9-22-16(12)24/h9-11,13-14,17H,8H2,1-7H3,(H,25,31)(H2,20,21,22)/t11-,13+,14?,17-,30?/m1/s1. The number of rotatable bonds is 6. The maximum absolute atomic E-state index is 10.8. The van der Waals surface area contributed by atoms with Gasteiger partial charge in [0.05, 0.1) is 18.0 Å². The minimum absolute atomic E-state index is 0.0774. The van der Waals surface area contributed by atoms with Gasteiger partial charge in [0.15, 0.2) is 17.7 Å². The Labute approximate surface area is 187 Å². The normalized spacial score (nSPS) is 27.0. The fourth-order valence-corrected chi connectivity index (χ4v) is 5.92. The van der Waals surface area contributed by atoms with Crippen LogP contribution in [0.5, 0.6) is 0 Å². The first kappa shape index (κ1) is 24.4. The van der Waals surface area contributed by atoms with E-state index < -0.39 is 36.9 Å². The van der Waals surface area contributed by atoms with Crippen molar-refractivity contribution in [1.82, 2.24) is 19.5 Å². The molecule has 1 aliphatic rings. The summed E-state index contributed by atoms with van der Waals surface area (Å²) in [5.74, 6) is 0.277. The zero-order chi connectivity index (χ0) is 23.2. The van der Waals surface area contributed by atoms with Gasteiger partial charge in [-0.1, -0.05) is 20.8 Å². The number of aromatic nitrogens is 4. The molecule has 0 bridgehead atoms. The van der Waals surface area contributed by atoms with Crippen LogP contribution < -0.4 is 5.73 Å². The minimum atomic E-state index is -3.57. The number of anilines is 1.